The smallest absolute Gasteiger partial charge is 0.169 e. The highest BCUT2D eigenvalue weighted by atomic mass is 35.5. The van der Waals surface area contributed by atoms with Crippen LogP contribution in [0.1, 0.15) is 5.56 Å². The molecule has 0 fully saturated rings. The van der Waals surface area contributed by atoms with E-state index in [-0.39, 0.29) is 0 Å². The maximum absolute atomic E-state index is 5.77. The van der Waals surface area contributed by atoms with Gasteiger partial charge in [-0.2, -0.15) is 0 Å². The van der Waals surface area contributed by atoms with Gasteiger partial charge >= 0.3 is 0 Å². The summed E-state index contributed by atoms with van der Waals surface area (Å²) < 4.78 is 5.10. The highest BCUT2D eigenvalue weighted by molar-refractivity contribution is 6.30. The first-order valence-electron chi connectivity index (χ1n) is 3.94. The van der Waals surface area contributed by atoms with E-state index in [1.54, 1.807) is 6.20 Å². The molecule has 0 spiro atoms. The maximum Gasteiger partial charge on any atom is 0.169 e. The average molecular weight is 194 g/mol. The van der Waals surface area contributed by atoms with Gasteiger partial charge < -0.3 is 4.52 Å². The third kappa shape index (κ3) is 1.58. The lowest BCUT2D eigenvalue weighted by Crippen LogP contribution is -1.75. The zero-order valence-corrected chi connectivity index (χ0v) is 7.88. The zero-order valence-electron chi connectivity index (χ0n) is 7.12. The van der Waals surface area contributed by atoms with Crippen molar-refractivity contribution in [1.82, 2.24) is 5.16 Å². The lowest BCUT2D eigenvalue weighted by Gasteiger charge is -1.96. The summed E-state index contributed by atoms with van der Waals surface area (Å²) >= 11 is 5.77. The standard InChI is InChI=1S/C10H8ClNO/c1-7-6-12-13-10(7)8-2-4-9(11)5-3-8/h2-6H,1H3. The van der Waals surface area contributed by atoms with Crippen molar-refractivity contribution in [2.24, 2.45) is 0 Å². The van der Waals surface area contributed by atoms with Gasteiger partial charge in [-0.25, -0.2) is 0 Å². The fraction of sp³-hybridized carbons (Fsp3) is 0.100. The largest absolute Gasteiger partial charge is 0.356 e. The molecule has 0 N–H and O–H groups in total. The molecule has 1 aromatic carbocycles. The third-order valence-electron chi connectivity index (χ3n) is 1.85. The Labute approximate surface area is 81.1 Å². The Kier molecular flexibility index (Phi) is 2.07. The molecule has 0 radical (unpaired) electrons. The van der Waals surface area contributed by atoms with Crippen molar-refractivity contribution in [1.29, 1.82) is 0 Å². The zero-order chi connectivity index (χ0) is 9.26. The second-order valence-corrected chi connectivity index (χ2v) is 3.28. The summed E-state index contributed by atoms with van der Waals surface area (Å²) in [6, 6.07) is 7.49. The van der Waals surface area contributed by atoms with E-state index in [4.69, 9.17) is 16.1 Å². The number of aromatic nitrogens is 1. The van der Waals surface area contributed by atoms with Crippen LogP contribution < -0.4 is 0 Å². The van der Waals surface area contributed by atoms with Crippen LogP contribution in [0.2, 0.25) is 5.02 Å². The highest BCUT2D eigenvalue weighted by Crippen LogP contribution is 2.23. The van der Waals surface area contributed by atoms with E-state index in [1.807, 2.05) is 31.2 Å². The monoisotopic (exact) mass is 193 g/mol. The molecule has 1 aromatic heterocycles. The molecule has 2 nitrogen and oxygen atoms in total. The molecule has 13 heavy (non-hydrogen) atoms. The van der Waals surface area contributed by atoms with Crippen molar-refractivity contribution in [3.8, 4) is 11.3 Å². The third-order valence-corrected chi connectivity index (χ3v) is 2.11. The SMILES string of the molecule is Cc1cnoc1-c1ccc(Cl)cc1. The minimum absolute atomic E-state index is 0.723. The highest BCUT2D eigenvalue weighted by Gasteiger charge is 2.05. The number of nitrogens with zero attached hydrogens (tertiary/aromatic N) is 1. The molecule has 3 heteroatoms. The van der Waals surface area contributed by atoms with Crippen molar-refractivity contribution in [3.63, 3.8) is 0 Å². The molecule has 2 rings (SSSR count). The van der Waals surface area contributed by atoms with E-state index in [9.17, 15) is 0 Å². The summed E-state index contributed by atoms with van der Waals surface area (Å²) in [4.78, 5) is 0. The molecule has 1 heterocycles. The molecular formula is C10H8ClNO. The number of hydrogen-bond donors (Lipinski definition) is 0. The number of hydrogen-bond acceptors (Lipinski definition) is 2. The Balaban J connectivity index is 2.47. The Hall–Kier alpha value is -1.28. The van der Waals surface area contributed by atoms with Crippen LogP contribution in [0.25, 0.3) is 11.3 Å². The van der Waals surface area contributed by atoms with E-state index in [2.05, 4.69) is 5.16 Å². The van der Waals surface area contributed by atoms with E-state index in [0.717, 1.165) is 21.9 Å². The molecule has 0 aliphatic rings. The number of rotatable bonds is 1. The Bertz CT molecular complexity index is 405. The number of aryl methyl sites for hydroxylation is 1. The lowest BCUT2D eigenvalue weighted by molar-refractivity contribution is 0.432. The molecule has 0 saturated carbocycles. The Morgan fingerprint density at radius 2 is 1.92 bits per heavy atom. The predicted octanol–water partition coefficient (Wildman–Crippen LogP) is 3.30. The first-order valence-corrected chi connectivity index (χ1v) is 4.32. The van der Waals surface area contributed by atoms with Crippen LogP contribution in [0.4, 0.5) is 0 Å². The first kappa shape index (κ1) is 8.32. The Morgan fingerprint density at radius 1 is 1.23 bits per heavy atom. The summed E-state index contributed by atoms with van der Waals surface area (Å²) in [7, 11) is 0. The van der Waals surface area contributed by atoms with Gasteiger partial charge in [-0.05, 0) is 31.2 Å². The van der Waals surface area contributed by atoms with Gasteiger partial charge in [0.15, 0.2) is 5.76 Å². The fourth-order valence-electron chi connectivity index (χ4n) is 1.17. The summed E-state index contributed by atoms with van der Waals surface area (Å²) in [5.74, 6) is 0.802. The van der Waals surface area contributed by atoms with Crippen LogP contribution >= 0.6 is 11.6 Å². The minimum atomic E-state index is 0.723. The first-order chi connectivity index (χ1) is 6.27. The molecule has 0 aliphatic carbocycles. The Morgan fingerprint density at radius 3 is 2.46 bits per heavy atom. The molecular weight excluding hydrogens is 186 g/mol. The number of halogens is 1. The van der Waals surface area contributed by atoms with Crippen molar-refractivity contribution >= 4 is 11.6 Å². The molecule has 0 saturated heterocycles. The summed E-state index contributed by atoms with van der Waals surface area (Å²) in [5, 5.41) is 4.44. The fourth-order valence-corrected chi connectivity index (χ4v) is 1.30. The summed E-state index contributed by atoms with van der Waals surface area (Å²) in [5.41, 5.74) is 2.03. The van der Waals surface area contributed by atoms with Crippen LogP contribution in [0.3, 0.4) is 0 Å². The molecule has 0 unspecified atom stereocenters. The molecule has 0 aliphatic heterocycles. The van der Waals surface area contributed by atoms with E-state index < -0.39 is 0 Å². The van der Waals surface area contributed by atoms with Gasteiger partial charge in [-0.15, -0.1) is 0 Å². The molecule has 66 valence electrons. The van der Waals surface area contributed by atoms with E-state index >= 15 is 0 Å². The van der Waals surface area contributed by atoms with Gasteiger partial charge in [0.25, 0.3) is 0 Å². The van der Waals surface area contributed by atoms with Crippen LogP contribution in [-0.4, -0.2) is 5.16 Å². The van der Waals surface area contributed by atoms with Crippen LogP contribution in [0.5, 0.6) is 0 Å². The van der Waals surface area contributed by atoms with Gasteiger partial charge in [-0.1, -0.05) is 16.8 Å². The summed E-state index contributed by atoms with van der Waals surface area (Å²) in [6.45, 7) is 1.96. The molecule has 0 bridgehead atoms. The van der Waals surface area contributed by atoms with Crippen molar-refractivity contribution in [2.45, 2.75) is 6.92 Å². The second-order valence-electron chi connectivity index (χ2n) is 2.84. The predicted molar refractivity (Wildman–Crippen MR) is 51.7 cm³/mol. The molecule has 2 aromatic rings. The number of benzene rings is 1. The quantitative estimate of drug-likeness (QED) is 0.695. The molecule has 0 amide bonds. The van der Waals surface area contributed by atoms with Gasteiger partial charge in [0.1, 0.15) is 0 Å². The van der Waals surface area contributed by atoms with Gasteiger partial charge in [0, 0.05) is 16.1 Å². The second kappa shape index (κ2) is 3.23. The van der Waals surface area contributed by atoms with E-state index in [0.29, 0.717) is 0 Å². The summed E-state index contributed by atoms with van der Waals surface area (Å²) in [6.07, 6.45) is 1.70. The topological polar surface area (TPSA) is 26.0 Å². The van der Waals surface area contributed by atoms with Crippen molar-refractivity contribution < 1.29 is 4.52 Å². The van der Waals surface area contributed by atoms with E-state index in [1.165, 1.54) is 0 Å². The van der Waals surface area contributed by atoms with Crippen molar-refractivity contribution in [2.75, 3.05) is 0 Å². The van der Waals surface area contributed by atoms with Gasteiger partial charge in [0.05, 0.1) is 6.20 Å². The van der Waals surface area contributed by atoms with Gasteiger partial charge in [-0.3, -0.25) is 0 Å². The van der Waals surface area contributed by atoms with Crippen LogP contribution in [0.15, 0.2) is 35.0 Å². The van der Waals surface area contributed by atoms with Crippen molar-refractivity contribution in [3.05, 3.63) is 41.0 Å². The van der Waals surface area contributed by atoms with Crippen LogP contribution in [-0.2, 0) is 0 Å². The molecule has 0 atom stereocenters. The minimum Gasteiger partial charge on any atom is -0.356 e. The average Bonchev–Trinajstić information content (AvgIpc) is 2.53. The van der Waals surface area contributed by atoms with Crippen LogP contribution in [0, 0.1) is 6.92 Å². The maximum atomic E-state index is 5.77. The lowest BCUT2D eigenvalue weighted by atomic mass is 10.1. The van der Waals surface area contributed by atoms with Gasteiger partial charge in [0.2, 0.25) is 0 Å². The normalized spacial score (nSPS) is 10.3.